The van der Waals surface area contributed by atoms with Crippen LogP contribution in [0.15, 0.2) is 23.4 Å². The minimum atomic E-state index is 0.315. The first-order valence-corrected chi connectivity index (χ1v) is 7.16. The molecule has 2 unspecified atom stereocenters. The van der Waals surface area contributed by atoms with Crippen molar-refractivity contribution in [2.75, 3.05) is 5.75 Å². The van der Waals surface area contributed by atoms with E-state index in [4.69, 9.17) is 5.26 Å². The van der Waals surface area contributed by atoms with E-state index in [0.29, 0.717) is 18.3 Å². The van der Waals surface area contributed by atoms with Crippen molar-refractivity contribution in [2.24, 2.45) is 5.92 Å². The number of nitrogens with zero attached hydrogens (tertiary/aromatic N) is 2. The quantitative estimate of drug-likeness (QED) is 0.707. The smallest absolute Gasteiger partial charge is 0.0628 e. The second kappa shape index (κ2) is 7.34. The minimum absolute atomic E-state index is 0.315. The molecule has 0 N–H and O–H groups in total. The zero-order chi connectivity index (χ0) is 12.7. The molecule has 1 aromatic heterocycles. The molecule has 0 radical (unpaired) electrons. The van der Waals surface area contributed by atoms with Gasteiger partial charge in [0.15, 0.2) is 0 Å². The Hall–Kier alpha value is -1.01. The van der Waals surface area contributed by atoms with Gasteiger partial charge in [0.2, 0.25) is 0 Å². The van der Waals surface area contributed by atoms with Crippen molar-refractivity contribution in [1.82, 2.24) is 4.98 Å². The molecule has 0 saturated heterocycles. The third-order valence-electron chi connectivity index (χ3n) is 3.12. The van der Waals surface area contributed by atoms with Crippen LogP contribution in [0.25, 0.3) is 0 Å². The van der Waals surface area contributed by atoms with Gasteiger partial charge in [0.25, 0.3) is 0 Å². The predicted octanol–water partition coefficient (Wildman–Crippen LogP) is 4.24. The summed E-state index contributed by atoms with van der Waals surface area (Å²) in [5.41, 5.74) is 1.21. The van der Waals surface area contributed by atoms with Crippen LogP contribution in [0.4, 0.5) is 0 Å². The van der Waals surface area contributed by atoms with E-state index in [0.717, 1.165) is 12.2 Å². The molecule has 0 aliphatic rings. The fraction of sp³-hybridized carbons (Fsp3) is 0.571. The van der Waals surface area contributed by atoms with E-state index in [1.54, 1.807) is 11.8 Å². The van der Waals surface area contributed by atoms with Gasteiger partial charge in [-0.2, -0.15) is 5.26 Å². The molecule has 3 heteroatoms. The molecule has 0 amide bonds. The van der Waals surface area contributed by atoms with E-state index < -0.39 is 0 Å². The Morgan fingerprint density at radius 3 is 2.76 bits per heavy atom. The zero-order valence-electron chi connectivity index (χ0n) is 10.8. The molecular weight excluding hydrogens is 228 g/mol. The summed E-state index contributed by atoms with van der Waals surface area (Å²) >= 11 is 1.80. The molecule has 92 valence electrons. The second-order valence-corrected chi connectivity index (χ2v) is 5.58. The predicted molar refractivity (Wildman–Crippen MR) is 73.1 cm³/mol. The highest BCUT2D eigenvalue weighted by atomic mass is 32.2. The Kier molecular flexibility index (Phi) is 6.07. The Balaban J connectivity index is 2.93. The van der Waals surface area contributed by atoms with Crippen LogP contribution in [0.1, 0.15) is 45.1 Å². The van der Waals surface area contributed by atoms with Crippen LogP contribution in [0.3, 0.4) is 0 Å². The lowest BCUT2D eigenvalue weighted by atomic mass is 9.84. The van der Waals surface area contributed by atoms with Gasteiger partial charge in [-0.25, -0.2) is 0 Å². The van der Waals surface area contributed by atoms with Gasteiger partial charge in [-0.1, -0.05) is 27.2 Å². The molecular formula is C14H20N2S. The molecule has 0 spiro atoms. The number of hydrogen-bond donors (Lipinski definition) is 0. The van der Waals surface area contributed by atoms with Gasteiger partial charge in [-0.15, -0.1) is 11.8 Å². The topological polar surface area (TPSA) is 36.7 Å². The highest BCUT2D eigenvalue weighted by molar-refractivity contribution is 7.99. The van der Waals surface area contributed by atoms with Gasteiger partial charge in [0.1, 0.15) is 0 Å². The van der Waals surface area contributed by atoms with Crippen molar-refractivity contribution < 1.29 is 0 Å². The molecule has 0 bridgehead atoms. The van der Waals surface area contributed by atoms with E-state index in [1.807, 2.05) is 12.4 Å². The second-order valence-electron chi connectivity index (χ2n) is 4.24. The lowest BCUT2D eigenvalue weighted by Gasteiger charge is -2.20. The number of hydrogen-bond acceptors (Lipinski definition) is 3. The van der Waals surface area contributed by atoms with Crippen LogP contribution in [0.2, 0.25) is 0 Å². The maximum absolute atomic E-state index is 8.94. The summed E-state index contributed by atoms with van der Waals surface area (Å²) in [6, 6.07) is 4.49. The number of aromatic nitrogens is 1. The first-order valence-electron chi connectivity index (χ1n) is 6.17. The molecule has 2 nitrogen and oxygen atoms in total. The zero-order valence-corrected chi connectivity index (χ0v) is 11.6. The fourth-order valence-corrected chi connectivity index (χ4v) is 2.60. The summed E-state index contributed by atoms with van der Waals surface area (Å²) in [7, 11) is 0. The van der Waals surface area contributed by atoms with Gasteiger partial charge in [0, 0.05) is 29.6 Å². The van der Waals surface area contributed by atoms with Crippen LogP contribution in [-0.4, -0.2) is 10.7 Å². The summed E-state index contributed by atoms with van der Waals surface area (Å²) in [6.07, 6.45) is 5.49. The lowest BCUT2D eigenvalue weighted by Crippen LogP contribution is -2.09. The lowest BCUT2D eigenvalue weighted by molar-refractivity contribution is 0.449. The summed E-state index contributed by atoms with van der Waals surface area (Å²) in [5.74, 6) is 1.89. The molecule has 1 aromatic rings. The average Bonchev–Trinajstić information content (AvgIpc) is 2.36. The monoisotopic (exact) mass is 248 g/mol. The van der Waals surface area contributed by atoms with Gasteiger partial charge in [-0.05, 0) is 23.3 Å². The average molecular weight is 248 g/mol. The fourth-order valence-electron chi connectivity index (χ4n) is 1.91. The molecule has 0 aromatic carbocycles. The minimum Gasteiger partial charge on any atom is -0.263 e. The molecule has 0 fully saturated rings. The van der Waals surface area contributed by atoms with Crippen LogP contribution in [-0.2, 0) is 0 Å². The molecule has 0 saturated carbocycles. The van der Waals surface area contributed by atoms with E-state index in [-0.39, 0.29) is 0 Å². The maximum Gasteiger partial charge on any atom is 0.0628 e. The van der Waals surface area contributed by atoms with Crippen LogP contribution >= 0.6 is 11.8 Å². The van der Waals surface area contributed by atoms with E-state index in [9.17, 15) is 0 Å². The van der Waals surface area contributed by atoms with Gasteiger partial charge >= 0.3 is 0 Å². The van der Waals surface area contributed by atoms with E-state index in [2.05, 4.69) is 37.9 Å². The van der Waals surface area contributed by atoms with Crippen molar-refractivity contribution >= 4 is 11.8 Å². The van der Waals surface area contributed by atoms with E-state index >= 15 is 0 Å². The van der Waals surface area contributed by atoms with Gasteiger partial charge in [0.05, 0.1) is 6.07 Å². The molecule has 17 heavy (non-hydrogen) atoms. The number of nitriles is 1. The number of thioether (sulfide) groups is 1. The Morgan fingerprint density at radius 1 is 1.41 bits per heavy atom. The Labute approximate surface area is 108 Å². The highest BCUT2D eigenvalue weighted by Gasteiger charge is 2.18. The van der Waals surface area contributed by atoms with Crippen molar-refractivity contribution in [2.45, 2.75) is 44.4 Å². The third-order valence-corrected chi connectivity index (χ3v) is 3.96. The van der Waals surface area contributed by atoms with Crippen LogP contribution in [0.5, 0.6) is 0 Å². The molecule has 0 aliphatic heterocycles. The first kappa shape index (κ1) is 14.1. The van der Waals surface area contributed by atoms with Crippen LogP contribution < -0.4 is 0 Å². The summed E-state index contributed by atoms with van der Waals surface area (Å²) < 4.78 is 0. The van der Waals surface area contributed by atoms with Crippen molar-refractivity contribution in [3.05, 3.63) is 24.0 Å². The number of rotatable bonds is 6. The third kappa shape index (κ3) is 4.05. The summed E-state index contributed by atoms with van der Waals surface area (Å²) in [5, 5.41) is 8.94. The SMILES string of the molecule is CCSc1cncc(C(CC#N)C(C)CC)c1. The number of pyridine rings is 1. The summed E-state index contributed by atoms with van der Waals surface area (Å²) in [4.78, 5) is 5.50. The van der Waals surface area contributed by atoms with Crippen molar-refractivity contribution in [1.29, 1.82) is 5.26 Å². The molecule has 1 rings (SSSR count). The Bertz CT molecular complexity index is 384. The highest BCUT2D eigenvalue weighted by Crippen LogP contribution is 2.31. The van der Waals surface area contributed by atoms with Crippen LogP contribution in [0, 0.1) is 17.2 Å². The normalized spacial score (nSPS) is 14.0. The maximum atomic E-state index is 8.94. The van der Waals surface area contributed by atoms with Gasteiger partial charge in [-0.3, -0.25) is 4.98 Å². The first-order chi connectivity index (χ1) is 8.22. The summed E-state index contributed by atoms with van der Waals surface area (Å²) in [6.45, 7) is 6.52. The van der Waals surface area contributed by atoms with E-state index in [1.165, 1.54) is 10.5 Å². The van der Waals surface area contributed by atoms with Crippen molar-refractivity contribution in [3.63, 3.8) is 0 Å². The largest absolute Gasteiger partial charge is 0.263 e. The Morgan fingerprint density at radius 2 is 2.18 bits per heavy atom. The molecule has 2 atom stereocenters. The van der Waals surface area contributed by atoms with Crippen molar-refractivity contribution in [3.8, 4) is 6.07 Å². The molecule has 0 aliphatic carbocycles. The molecule has 1 heterocycles. The van der Waals surface area contributed by atoms with Gasteiger partial charge < -0.3 is 0 Å². The standard InChI is InChI=1S/C14H20N2S/c1-4-11(3)14(6-7-15)12-8-13(17-5-2)10-16-9-12/h8-11,14H,4-6H2,1-3H3.